The monoisotopic (exact) mass is 239 g/mol. The molecular weight excluding hydrogens is 222 g/mol. The summed E-state index contributed by atoms with van der Waals surface area (Å²) in [5, 5.41) is 0. The Kier molecular flexibility index (Phi) is 3.03. The van der Waals surface area contributed by atoms with Gasteiger partial charge in [-0.2, -0.15) is 0 Å². The first-order valence-electron chi connectivity index (χ1n) is 6.39. The van der Waals surface area contributed by atoms with Gasteiger partial charge < -0.3 is 10.5 Å². The number of benzene rings is 2. The lowest BCUT2D eigenvalue weighted by Gasteiger charge is -2.33. The van der Waals surface area contributed by atoms with Crippen LogP contribution in [-0.4, -0.2) is 12.1 Å². The highest BCUT2D eigenvalue weighted by Crippen LogP contribution is 2.33. The van der Waals surface area contributed by atoms with Gasteiger partial charge in [-0.3, -0.25) is 0 Å². The van der Waals surface area contributed by atoms with E-state index in [1.807, 2.05) is 36.4 Å². The molecule has 2 nitrogen and oxygen atoms in total. The van der Waals surface area contributed by atoms with Crippen molar-refractivity contribution in [1.82, 2.24) is 0 Å². The molecule has 2 N–H and O–H groups in total. The van der Waals surface area contributed by atoms with Gasteiger partial charge in [0.2, 0.25) is 0 Å². The minimum absolute atomic E-state index is 0.282. The Morgan fingerprint density at radius 1 is 0.889 bits per heavy atom. The maximum atomic E-state index is 6.03. The quantitative estimate of drug-likeness (QED) is 0.892. The summed E-state index contributed by atoms with van der Waals surface area (Å²) >= 11 is 0. The largest absolute Gasteiger partial charge is 0.490 e. The molecule has 18 heavy (non-hydrogen) atoms. The van der Waals surface area contributed by atoms with Gasteiger partial charge in [-0.1, -0.05) is 48.5 Å². The molecule has 2 aromatic carbocycles. The zero-order chi connectivity index (χ0) is 12.4. The predicted molar refractivity (Wildman–Crippen MR) is 73.5 cm³/mol. The fraction of sp³-hybridized carbons (Fsp3) is 0.250. The summed E-state index contributed by atoms with van der Waals surface area (Å²) in [6.45, 7) is 0. The molecule has 0 saturated heterocycles. The minimum Gasteiger partial charge on any atom is -0.490 e. The molecule has 0 unspecified atom stereocenters. The van der Waals surface area contributed by atoms with E-state index in [0.29, 0.717) is 6.04 Å². The molecule has 0 aromatic heterocycles. The first-order chi connectivity index (χ1) is 8.83. The molecule has 0 aliphatic heterocycles. The Balaban J connectivity index is 1.86. The maximum Gasteiger partial charge on any atom is 0.127 e. The highest BCUT2D eigenvalue weighted by molar-refractivity contribution is 5.70. The van der Waals surface area contributed by atoms with E-state index in [1.165, 1.54) is 5.56 Å². The van der Waals surface area contributed by atoms with E-state index in [9.17, 15) is 0 Å². The van der Waals surface area contributed by atoms with Crippen LogP contribution in [0.1, 0.15) is 12.8 Å². The number of hydrogen-bond acceptors (Lipinski definition) is 2. The van der Waals surface area contributed by atoms with Crippen molar-refractivity contribution in [3.05, 3.63) is 54.6 Å². The zero-order valence-corrected chi connectivity index (χ0v) is 10.3. The van der Waals surface area contributed by atoms with E-state index in [4.69, 9.17) is 10.5 Å². The number of hydrogen-bond donors (Lipinski definition) is 1. The standard InChI is InChI=1S/C16H17NO/c17-13-10-14(11-13)18-16-9-5-4-8-15(16)12-6-2-1-3-7-12/h1-9,13-14H,10-11,17H2. The summed E-state index contributed by atoms with van der Waals surface area (Å²) in [6, 6.07) is 18.8. The third kappa shape index (κ3) is 2.24. The zero-order valence-electron chi connectivity index (χ0n) is 10.3. The van der Waals surface area contributed by atoms with Crippen LogP contribution in [0.5, 0.6) is 5.75 Å². The van der Waals surface area contributed by atoms with Crippen molar-refractivity contribution in [1.29, 1.82) is 0 Å². The lowest BCUT2D eigenvalue weighted by molar-refractivity contribution is 0.101. The van der Waals surface area contributed by atoms with Crippen molar-refractivity contribution in [3.63, 3.8) is 0 Å². The van der Waals surface area contributed by atoms with Crippen molar-refractivity contribution < 1.29 is 4.74 Å². The molecular formula is C16H17NO. The fourth-order valence-corrected chi connectivity index (χ4v) is 2.31. The van der Waals surface area contributed by atoms with Gasteiger partial charge in [0.1, 0.15) is 11.9 Å². The first kappa shape index (κ1) is 11.3. The Morgan fingerprint density at radius 2 is 1.56 bits per heavy atom. The van der Waals surface area contributed by atoms with Crippen LogP contribution in [0.4, 0.5) is 0 Å². The average Bonchev–Trinajstić information content (AvgIpc) is 2.39. The summed E-state index contributed by atoms with van der Waals surface area (Å²) in [7, 11) is 0. The molecule has 0 spiro atoms. The fourth-order valence-electron chi connectivity index (χ4n) is 2.31. The van der Waals surface area contributed by atoms with Crippen molar-refractivity contribution in [2.24, 2.45) is 5.73 Å². The highest BCUT2D eigenvalue weighted by Gasteiger charge is 2.28. The van der Waals surface area contributed by atoms with Gasteiger partial charge in [0.15, 0.2) is 0 Å². The molecule has 2 aromatic rings. The lowest BCUT2D eigenvalue weighted by atomic mass is 9.90. The second-order valence-electron chi connectivity index (χ2n) is 4.83. The van der Waals surface area contributed by atoms with Crippen molar-refractivity contribution >= 4 is 0 Å². The third-order valence-corrected chi connectivity index (χ3v) is 3.40. The Labute approximate surface area is 107 Å². The predicted octanol–water partition coefficient (Wildman–Crippen LogP) is 3.22. The van der Waals surface area contributed by atoms with Gasteiger partial charge in [0, 0.05) is 11.6 Å². The number of rotatable bonds is 3. The normalized spacial score (nSPS) is 22.3. The van der Waals surface area contributed by atoms with Crippen LogP contribution in [0.2, 0.25) is 0 Å². The van der Waals surface area contributed by atoms with E-state index in [0.717, 1.165) is 24.2 Å². The minimum atomic E-state index is 0.282. The highest BCUT2D eigenvalue weighted by atomic mass is 16.5. The topological polar surface area (TPSA) is 35.2 Å². The number of nitrogens with two attached hydrogens (primary N) is 1. The van der Waals surface area contributed by atoms with Crippen molar-refractivity contribution in [3.8, 4) is 16.9 Å². The summed E-state index contributed by atoms with van der Waals surface area (Å²) in [6.07, 6.45) is 2.21. The molecule has 1 aliphatic rings. The maximum absolute atomic E-state index is 6.03. The van der Waals surface area contributed by atoms with Crippen LogP contribution in [0, 0.1) is 0 Å². The van der Waals surface area contributed by atoms with Gasteiger partial charge >= 0.3 is 0 Å². The van der Waals surface area contributed by atoms with Crippen molar-refractivity contribution in [2.45, 2.75) is 25.0 Å². The summed E-state index contributed by atoms with van der Waals surface area (Å²) < 4.78 is 6.03. The summed E-state index contributed by atoms with van der Waals surface area (Å²) in [5.74, 6) is 0.959. The molecule has 3 rings (SSSR count). The molecule has 0 atom stereocenters. The van der Waals surface area contributed by atoms with Gasteiger partial charge in [0.05, 0.1) is 0 Å². The van der Waals surface area contributed by atoms with Gasteiger partial charge in [-0.15, -0.1) is 0 Å². The molecule has 1 saturated carbocycles. The summed E-state index contributed by atoms with van der Waals surface area (Å²) in [4.78, 5) is 0. The molecule has 0 radical (unpaired) electrons. The second-order valence-corrected chi connectivity index (χ2v) is 4.83. The van der Waals surface area contributed by atoms with Crippen LogP contribution < -0.4 is 10.5 Å². The lowest BCUT2D eigenvalue weighted by Crippen LogP contribution is -2.43. The van der Waals surface area contributed by atoms with E-state index in [2.05, 4.69) is 18.2 Å². The van der Waals surface area contributed by atoms with E-state index < -0.39 is 0 Å². The van der Waals surface area contributed by atoms with E-state index in [1.54, 1.807) is 0 Å². The first-order valence-corrected chi connectivity index (χ1v) is 6.39. The number of para-hydroxylation sites is 1. The Hall–Kier alpha value is -1.80. The molecule has 1 aliphatic carbocycles. The van der Waals surface area contributed by atoms with Gasteiger partial charge in [0.25, 0.3) is 0 Å². The van der Waals surface area contributed by atoms with Crippen LogP contribution in [-0.2, 0) is 0 Å². The SMILES string of the molecule is NC1CC(Oc2ccccc2-c2ccccc2)C1. The molecule has 1 fully saturated rings. The summed E-state index contributed by atoms with van der Waals surface area (Å²) in [5.41, 5.74) is 8.13. The van der Waals surface area contributed by atoms with Crippen LogP contribution in [0.15, 0.2) is 54.6 Å². The molecule has 92 valence electrons. The average molecular weight is 239 g/mol. The van der Waals surface area contributed by atoms with Crippen LogP contribution in [0.3, 0.4) is 0 Å². The third-order valence-electron chi connectivity index (χ3n) is 3.40. The van der Waals surface area contributed by atoms with E-state index in [-0.39, 0.29) is 6.10 Å². The van der Waals surface area contributed by atoms with Crippen LogP contribution in [0.25, 0.3) is 11.1 Å². The van der Waals surface area contributed by atoms with Gasteiger partial charge in [-0.05, 0) is 24.5 Å². The smallest absolute Gasteiger partial charge is 0.127 e. The molecule has 2 heteroatoms. The van der Waals surface area contributed by atoms with Crippen molar-refractivity contribution in [2.75, 3.05) is 0 Å². The molecule has 0 heterocycles. The second kappa shape index (κ2) is 4.83. The Morgan fingerprint density at radius 3 is 2.28 bits per heavy atom. The molecule has 0 amide bonds. The van der Waals surface area contributed by atoms with Crippen LogP contribution >= 0.6 is 0 Å². The van der Waals surface area contributed by atoms with Gasteiger partial charge in [-0.25, -0.2) is 0 Å². The van der Waals surface area contributed by atoms with E-state index >= 15 is 0 Å². The molecule has 0 bridgehead atoms. The Bertz CT molecular complexity index is 518. The number of ether oxygens (including phenoxy) is 1.